The Morgan fingerprint density at radius 1 is 1.30 bits per heavy atom. The highest BCUT2D eigenvalue weighted by Gasteiger charge is 2.23. The van der Waals surface area contributed by atoms with Gasteiger partial charge in [-0.1, -0.05) is 23.8 Å². The van der Waals surface area contributed by atoms with E-state index >= 15 is 0 Å². The van der Waals surface area contributed by atoms with Crippen LogP contribution in [-0.2, 0) is 0 Å². The maximum Gasteiger partial charge on any atom is 0.0396 e. The van der Waals surface area contributed by atoms with E-state index in [2.05, 4.69) is 70.6 Å². The third-order valence-corrected chi connectivity index (χ3v) is 4.38. The molecule has 0 aromatic heterocycles. The van der Waals surface area contributed by atoms with Crippen LogP contribution in [0.1, 0.15) is 24.9 Å². The Hall–Kier alpha value is 0.190. The molecule has 1 aliphatic heterocycles. The van der Waals surface area contributed by atoms with Crippen LogP contribution in [0.3, 0.4) is 0 Å². The van der Waals surface area contributed by atoms with Crippen molar-refractivity contribution in [2.45, 2.75) is 19.4 Å². The zero-order valence-corrected chi connectivity index (χ0v) is 15.6. The molecule has 114 valence electrons. The Morgan fingerprint density at radius 2 is 1.90 bits per heavy atom. The van der Waals surface area contributed by atoms with Gasteiger partial charge in [-0.2, -0.15) is 0 Å². The first-order valence-electron chi connectivity index (χ1n) is 6.52. The van der Waals surface area contributed by atoms with Crippen molar-refractivity contribution < 1.29 is 0 Å². The largest absolute Gasteiger partial charge is 0.314 e. The third kappa shape index (κ3) is 5.53. The molecular formula is C15H23Cl2IN2. The zero-order valence-electron chi connectivity index (χ0n) is 11.8. The molecule has 5 heteroatoms. The summed E-state index contributed by atoms with van der Waals surface area (Å²) in [5.41, 5.74) is 2.71. The highest BCUT2D eigenvalue weighted by atomic mass is 127. The molecule has 0 bridgehead atoms. The Balaban J connectivity index is 0.00000180. The number of piperazine rings is 1. The summed E-state index contributed by atoms with van der Waals surface area (Å²) in [4.78, 5) is 2.59. The molecule has 0 saturated carbocycles. The number of halogens is 3. The van der Waals surface area contributed by atoms with Crippen LogP contribution in [0.15, 0.2) is 36.4 Å². The van der Waals surface area contributed by atoms with E-state index in [4.69, 9.17) is 0 Å². The lowest BCUT2D eigenvalue weighted by molar-refractivity contribution is 0.172. The number of hydrogen-bond acceptors (Lipinski definition) is 2. The van der Waals surface area contributed by atoms with E-state index in [-0.39, 0.29) is 24.8 Å². The van der Waals surface area contributed by atoms with E-state index in [9.17, 15) is 0 Å². The van der Waals surface area contributed by atoms with Crippen molar-refractivity contribution in [3.05, 3.63) is 45.6 Å². The average Bonchev–Trinajstić information content (AvgIpc) is 2.38. The van der Waals surface area contributed by atoms with E-state index in [0.29, 0.717) is 6.04 Å². The van der Waals surface area contributed by atoms with Crippen LogP contribution in [0.2, 0.25) is 0 Å². The SMILES string of the molecule is C=C(C)C[C@H](c1ccccc1I)N1CCNCC1.Cl.Cl. The highest BCUT2D eigenvalue weighted by molar-refractivity contribution is 14.1. The lowest BCUT2D eigenvalue weighted by atomic mass is 9.98. The summed E-state index contributed by atoms with van der Waals surface area (Å²) in [6.07, 6.45) is 1.06. The van der Waals surface area contributed by atoms with Gasteiger partial charge in [-0.3, -0.25) is 4.90 Å². The van der Waals surface area contributed by atoms with Crippen molar-refractivity contribution in [1.29, 1.82) is 0 Å². The molecule has 1 aromatic rings. The standard InChI is InChI=1S/C15H21IN2.2ClH/c1-12(2)11-15(18-9-7-17-8-10-18)13-5-3-4-6-14(13)16;;/h3-6,15,17H,1,7-11H2,2H3;2*1H/t15-;;/m1../s1. The predicted octanol–water partition coefficient (Wildman–Crippen LogP) is 4.05. The Bertz CT molecular complexity index is 420. The molecule has 0 amide bonds. The lowest BCUT2D eigenvalue weighted by Crippen LogP contribution is -2.45. The van der Waals surface area contributed by atoms with Gasteiger partial charge in [-0.05, 0) is 47.6 Å². The summed E-state index contributed by atoms with van der Waals surface area (Å²) >= 11 is 2.45. The summed E-state index contributed by atoms with van der Waals surface area (Å²) in [6, 6.07) is 9.20. The minimum absolute atomic E-state index is 0. The second-order valence-electron chi connectivity index (χ2n) is 4.98. The van der Waals surface area contributed by atoms with Crippen molar-refractivity contribution in [3.63, 3.8) is 0 Å². The maximum atomic E-state index is 4.10. The van der Waals surface area contributed by atoms with Gasteiger partial charge >= 0.3 is 0 Å². The fourth-order valence-electron chi connectivity index (χ4n) is 2.50. The highest BCUT2D eigenvalue weighted by Crippen LogP contribution is 2.30. The van der Waals surface area contributed by atoms with Crippen LogP contribution < -0.4 is 5.32 Å². The Labute approximate surface area is 148 Å². The summed E-state index contributed by atoms with van der Waals surface area (Å²) in [5, 5.41) is 3.42. The van der Waals surface area contributed by atoms with Crippen molar-refractivity contribution in [2.24, 2.45) is 0 Å². The first kappa shape index (κ1) is 20.2. The molecule has 1 aromatic carbocycles. The summed E-state index contributed by atoms with van der Waals surface area (Å²) in [7, 11) is 0. The first-order valence-corrected chi connectivity index (χ1v) is 7.60. The van der Waals surface area contributed by atoms with Crippen LogP contribution in [0.25, 0.3) is 0 Å². The molecule has 1 N–H and O–H groups in total. The summed E-state index contributed by atoms with van der Waals surface area (Å²) in [6.45, 7) is 10.7. The number of rotatable bonds is 4. The molecule has 1 heterocycles. The van der Waals surface area contributed by atoms with Crippen LogP contribution in [0.5, 0.6) is 0 Å². The molecule has 2 rings (SSSR count). The lowest BCUT2D eigenvalue weighted by Gasteiger charge is -2.36. The fraction of sp³-hybridized carbons (Fsp3) is 0.467. The molecule has 1 fully saturated rings. The summed E-state index contributed by atoms with van der Waals surface area (Å²) in [5.74, 6) is 0. The van der Waals surface area contributed by atoms with Gasteiger partial charge in [0.2, 0.25) is 0 Å². The van der Waals surface area contributed by atoms with Gasteiger partial charge in [-0.15, -0.1) is 31.4 Å². The van der Waals surface area contributed by atoms with Crippen molar-refractivity contribution in [1.82, 2.24) is 10.2 Å². The number of hydrogen-bond donors (Lipinski definition) is 1. The molecule has 1 aliphatic rings. The second-order valence-corrected chi connectivity index (χ2v) is 6.15. The quantitative estimate of drug-likeness (QED) is 0.574. The van der Waals surface area contributed by atoms with Gasteiger partial charge in [0.1, 0.15) is 0 Å². The van der Waals surface area contributed by atoms with Gasteiger partial charge < -0.3 is 5.32 Å². The molecular weight excluding hydrogens is 406 g/mol. The van der Waals surface area contributed by atoms with E-state index in [1.54, 1.807) is 0 Å². The van der Waals surface area contributed by atoms with E-state index in [1.807, 2.05) is 0 Å². The number of nitrogens with zero attached hydrogens (tertiary/aromatic N) is 1. The molecule has 20 heavy (non-hydrogen) atoms. The van der Waals surface area contributed by atoms with Crippen LogP contribution >= 0.6 is 47.4 Å². The van der Waals surface area contributed by atoms with Crippen LogP contribution in [0.4, 0.5) is 0 Å². The molecule has 0 radical (unpaired) electrons. The molecule has 0 unspecified atom stereocenters. The van der Waals surface area contributed by atoms with Gasteiger partial charge in [0, 0.05) is 35.8 Å². The maximum absolute atomic E-state index is 4.10. The van der Waals surface area contributed by atoms with Gasteiger partial charge in [-0.25, -0.2) is 0 Å². The van der Waals surface area contributed by atoms with E-state index < -0.39 is 0 Å². The molecule has 1 atom stereocenters. The second kappa shape index (κ2) is 10.0. The minimum atomic E-state index is 0. The molecule has 0 spiro atoms. The van der Waals surface area contributed by atoms with Gasteiger partial charge in [0.05, 0.1) is 0 Å². The number of nitrogens with one attached hydrogen (secondary N) is 1. The summed E-state index contributed by atoms with van der Waals surface area (Å²) < 4.78 is 1.36. The third-order valence-electron chi connectivity index (χ3n) is 3.40. The van der Waals surface area contributed by atoms with E-state index in [0.717, 1.165) is 32.6 Å². The van der Waals surface area contributed by atoms with Crippen molar-refractivity contribution in [2.75, 3.05) is 26.2 Å². The van der Waals surface area contributed by atoms with Crippen molar-refractivity contribution >= 4 is 47.4 Å². The normalized spacial score (nSPS) is 16.7. The zero-order chi connectivity index (χ0) is 13.0. The Kier molecular flexibility index (Phi) is 10.1. The van der Waals surface area contributed by atoms with Gasteiger partial charge in [0.25, 0.3) is 0 Å². The molecule has 0 aliphatic carbocycles. The fourth-order valence-corrected chi connectivity index (χ4v) is 3.25. The first-order chi connectivity index (χ1) is 8.68. The number of benzene rings is 1. The smallest absolute Gasteiger partial charge is 0.0396 e. The average molecular weight is 429 g/mol. The molecule has 2 nitrogen and oxygen atoms in total. The van der Waals surface area contributed by atoms with Crippen LogP contribution in [-0.4, -0.2) is 31.1 Å². The van der Waals surface area contributed by atoms with E-state index in [1.165, 1.54) is 14.7 Å². The van der Waals surface area contributed by atoms with Crippen LogP contribution in [0, 0.1) is 3.57 Å². The minimum Gasteiger partial charge on any atom is -0.314 e. The predicted molar refractivity (Wildman–Crippen MR) is 100 cm³/mol. The Morgan fingerprint density at radius 3 is 2.45 bits per heavy atom. The van der Waals surface area contributed by atoms with Gasteiger partial charge in [0.15, 0.2) is 0 Å². The molecule has 1 saturated heterocycles. The topological polar surface area (TPSA) is 15.3 Å². The monoisotopic (exact) mass is 428 g/mol. The van der Waals surface area contributed by atoms with Crippen molar-refractivity contribution in [3.8, 4) is 0 Å².